The van der Waals surface area contributed by atoms with Crippen LogP contribution >= 0.6 is 0 Å². The Balaban J connectivity index is 2.21. The van der Waals surface area contributed by atoms with Gasteiger partial charge in [-0.25, -0.2) is 4.39 Å². The summed E-state index contributed by atoms with van der Waals surface area (Å²) in [5.74, 6) is -0.397. The summed E-state index contributed by atoms with van der Waals surface area (Å²) in [5, 5.41) is 6.54. The molecule has 0 fully saturated rings. The molecule has 7 heteroatoms. The lowest BCUT2D eigenvalue weighted by atomic mass is 10.1. The number of hydrogen-bond donors (Lipinski definition) is 1. The first-order valence-corrected chi connectivity index (χ1v) is 6.50. The van der Waals surface area contributed by atoms with Gasteiger partial charge in [-0.3, -0.25) is 4.68 Å². The summed E-state index contributed by atoms with van der Waals surface area (Å²) >= 11 is 0. The van der Waals surface area contributed by atoms with Crippen molar-refractivity contribution >= 4 is 0 Å². The zero-order valence-electron chi connectivity index (χ0n) is 11.4. The van der Waals surface area contributed by atoms with E-state index in [1.165, 1.54) is 16.9 Å². The van der Waals surface area contributed by atoms with E-state index in [1.54, 1.807) is 18.2 Å². The van der Waals surface area contributed by atoms with E-state index in [4.69, 9.17) is 0 Å². The minimum absolute atomic E-state index is 0.116. The molecule has 1 aromatic carbocycles. The molecule has 0 radical (unpaired) electrons. The molecular formula is C14H15F4N3. The maximum atomic E-state index is 13.8. The third kappa shape index (κ3) is 3.81. The van der Waals surface area contributed by atoms with E-state index in [-0.39, 0.29) is 6.54 Å². The van der Waals surface area contributed by atoms with Gasteiger partial charge in [-0.15, -0.1) is 0 Å². The van der Waals surface area contributed by atoms with Crippen LogP contribution in [-0.4, -0.2) is 16.3 Å². The second-order valence-corrected chi connectivity index (χ2v) is 4.55. The number of nitrogens with zero attached hydrogens (tertiary/aromatic N) is 2. The van der Waals surface area contributed by atoms with Gasteiger partial charge in [0.25, 0.3) is 0 Å². The monoisotopic (exact) mass is 301 g/mol. The standard InChI is InChI=1S/C14H15F4N3/c1-2-19-12(10-5-3-4-6-11(10)15)9-21-8-7-13(20-21)14(16,17)18/h3-8,12,19H,2,9H2,1H3. The van der Waals surface area contributed by atoms with Gasteiger partial charge in [-0.1, -0.05) is 25.1 Å². The van der Waals surface area contributed by atoms with Crippen molar-refractivity contribution in [1.29, 1.82) is 0 Å². The maximum Gasteiger partial charge on any atom is 0.435 e. The largest absolute Gasteiger partial charge is 0.435 e. The first-order valence-electron chi connectivity index (χ1n) is 6.50. The summed E-state index contributed by atoms with van der Waals surface area (Å²) in [6.07, 6.45) is -3.23. The van der Waals surface area contributed by atoms with Gasteiger partial charge in [0.2, 0.25) is 0 Å². The van der Waals surface area contributed by atoms with Crippen LogP contribution in [0.4, 0.5) is 17.6 Å². The Labute approximate surface area is 119 Å². The number of hydrogen-bond acceptors (Lipinski definition) is 2. The lowest BCUT2D eigenvalue weighted by Gasteiger charge is -2.19. The van der Waals surface area contributed by atoms with Crippen LogP contribution in [0.5, 0.6) is 0 Å². The Morgan fingerprint density at radius 2 is 1.95 bits per heavy atom. The molecule has 2 rings (SSSR count). The molecule has 1 unspecified atom stereocenters. The first kappa shape index (κ1) is 15.5. The van der Waals surface area contributed by atoms with Gasteiger partial charge in [0.05, 0.1) is 12.6 Å². The molecule has 114 valence electrons. The average Bonchev–Trinajstić information content (AvgIpc) is 2.87. The van der Waals surface area contributed by atoms with Crippen LogP contribution in [0.2, 0.25) is 0 Å². The number of nitrogens with one attached hydrogen (secondary N) is 1. The van der Waals surface area contributed by atoms with Crippen molar-refractivity contribution in [2.45, 2.75) is 25.7 Å². The molecule has 2 aromatic rings. The Bertz CT molecular complexity index is 592. The molecule has 1 N–H and O–H groups in total. The minimum Gasteiger partial charge on any atom is -0.309 e. The molecule has 0 amide bonds. The third-order valence-corrected chi connectivity index (χ3v) is 3.03. The van der Waals surface area contributed by atoms with E-state index >= 15 is 0 Å². The van der Waals surface area contributed by atoms with Crippen molar-refractivity contribution in [3.63, 3.8) is 0 Å². The Hall–Kier alpha value is -1.89. The van der Waals surface area contributed by atoms with Crippen molar-refractivity contribution in [2.24, 2.45) is 0 Å². The molecule has 3 nitrogen and oxygen atoms in total. The number of alkyl halides is 3. The summed E-state index contributed by atoms with van der Waals surface area (Å²) in [4.78, 5) is 0. The van der Waals surface area contributed by atoms with Crippen LogP contribution in [0.3, 0.4) is 0 Å². The van der Waals surface area contributed by atoms with E-state index in [0.717, 1.165) is 6.07 Å². The fourth-order valence-electron chi connectivity index (χ4n) is 2.08. The normalized spacial score (nSPS) is 13.4. The lowest BCUT2D eigenvalue weighted by molar-refractivity contribution is -0.141. The average molecular weight is 301 g/mol. The molecule has 21 heavy (non-hydrogen) atoms. The van der Waals surface area contributed by atoms with Crippen molar-refractivity contribution in [2.75, 3.05) is 6.54 Å². The van der Waals surface area contributed by atoms with Gasteiger partial charge < -0.3 is 5.32 Å². The van der Waals surface area contributed by atoms with Gasteiger partial charge in [0.1, 0.15) is 5.82 Å². The van der Waals surface area contributed by atoms with Gasteiger partial charge in [-0.2, -0.15) is 18.3 Å². The highest BCUT2D eigenvalue weighted by molar-refractivity contribution is 5.21. The topological polar surface area (TPSA) is 29.9 Å². The van der Waals surface area contributed by atoms with E-state index in [0.29, 0.717) is 12.1 Å². The molecule has 0 aliphatic heterocycles. The Morgan fingerprint density at radius 3 is 2.52 bits per heavy atom. The second kappa shape index (κ2) is 6.26. The van der Waals surface area contributed by atoms with Crippen LogP contribution < -0.4 is 5.32 Å². The van der Waals surface area contributed by atoms with Crippen LogP contribution in [0.25, 0.3) is 0 Å². The second-order valence-electron chi connectivity index (χ2n) is 4.55. The molecule has 0 saturated heterocycles. The fourth-order valence-corrected chi connectivity index (χ4v) is 2.08. The molecular weight excluding hydrogens is 286 g/mol. The predicted molar refractivity (Wildman–Crippen MR) is 70.0 cm³/mol. The molecule has 0 saturated carbocycles. The van der Waals surface area contributed by atoms with Crippen LogP contribution in [0.15, 0.2) is 36.5 Å². The van der Waals surface area contributed by atoms with Gasteiger partial charge in [0.15, 0.2) is 5.69 Å². The molecule has 0 aliphatic rings. The van der Waals surface area contributed by atoms with Crippen molar-refractivity contribution in [1.82, 2.24) is 15.1 Å². The number of likely N-dealkylation sites (N-methyl/N-ethyl adjacent to an activating group) is 1. The summed E-state index contributed by atoms with van der Waals surface area (Å²) in [5.41, 5.74) is -0.547. The van der Waals surface area contributed by atoms with Crippen molar-refractivity contribution in [3.05, 3.63) is 53.6 Å². The molecule has 1 aromatic heterocycles. The lowest BCUT2D eigenvalue weighted by Crippen LogP contribution is -2.26. The van der Waals surface area contributed by atoms with Gasteiger partial charge in [0, 0.05) is 11.8 Å². The number of benzene rings is 1. The molecule has 0 spiro atoms. The van der Waals surface area contributed by atoms with Crippen LogP contribution in [-0.2, 0) is 12.7 Å². The number of halogens is 4. The third-order valence-electron chi connectivity index (χ3n) is 3.03. The van der Waals surface area contributed by atoms with Gasteiger partial charge >= 0.3 is 6.18 Å². The molecule has 0 aliphatic carbocycles. The minimum atomic E-state index is -4.48. The molecule has 0 bridgehead atoms. The van der Waals surface area contributed by atoms with Crippen molar-refractivity contribution < 1.29 is 17.6 Å². The Morgan fingerprint density at radius 1 is 1.24 bits per heavy atom. The molecule has 1 heterocycles. The van der Waals surface area contributed by atoms with E-state index < -0.39 is 23.7 Å². The SMILES string of the molecule is CCNC(Cn1ccc(C(F)(F)F)n1)c1ccccc1F. The van der Waals surface area contributed by atoms with E-state index in [1.807, 2.05) is 6.92 Å². The quantitative estimate of drug-likeness (QED) is 0.858. The van der Waals surface area contributed by atoms with Crippen LogP contribution in [0, 0.1) is 5.82 Å². The van der Waals surface area contributed by atoms with Crippen LogP contribution in [0.1, 0.15) is 24.2 Å². The van der Waals surface area contributed by atoms with E-state index in [9.17, 15) is 17.6 Å². The van der Waals surface area contributed by atoms with Crippen molar-refractivity contribution in [3.8, 4) is 0 Å². The fraction of sp³-hybridized carbons (Fsp3) is 0.357. The van der Waals surface area contributed by atoms with E-state index in [2.05, 4.69) is 10.4 Å². The number of aromatic nitrogens is 2. The molecule has 1 atom stereocenters. The number of rotatable bonds is 5. The summed E-state index contributed by atoms with van der Waals surface area (Å²) < 4.78 is 52.5. The summed E-state index contributed by atoms with van der Waals surface area (Å²) in [7, 11) is 0. The first-order chi connectivity index (χ1) is 9.91. The summed E-state index contributed by atoms with van der Waals surface area (Å²) in [6, 6.07) is 6.65. The van der Waals surface area contributed by atoms with Gasteiger partial charge in [-0.05, 0) is 18.7 Å². The highest BCUT2D eigenvalue weighted by Gasteiger charge is 2.33. The zero-order chi connectivity index (χ0) is 15.5. The smallest absolute Gasteiger partial charge is 0.309 e. The predicted octanol–water partition coefficient (Wildman–Crippen LogP) is 3.39. The zero-order valence-corrected chi connectivity index (χ0v) is 11.4. The highest BCUT2D eigenvalue weighted by atomic mass is 19.4. The summed E-state index contributed by atoms with van der Waals surface area (Å²) in [6.45, 7) is 2.52. The highest BCUT2D eigenvalue weighted by Crippen LogP contribution is 2.27. The maximum absolute atomic E-state index is 13.8. The Kier molecular flexibility index (Phi) is 4.62.